The monoisotopic (exact) mass is 328 g/mol. The third-order valence-corrected chi connectivity index (χ3v) is 3.20. The fraction of sp³-hybridized carbons (Fsp3) is 0.368. The first-order valence-electron chi connectivity index (χ1n) is 7.93. The summed E-state index contributed by atoms with van der Waals surface area (Å²) >= 11 is 0. The van der Waals surface area contributed by atoms with Crippen molar-refractivity contribution in [3.05, 3.63) is 59.9 Å². The van der Waals surface area contributed by atoms with Gasteiger partial charge < -0.3 is 15.2 Å². The van der Waals surface area contributed by atoms with Gasteiger partial charge in [-0.05, 0) is 57.0 Å². The SMILES string of the molecule is CC(C)(C)OC(=O)[C@@H](N)Cc1ccc(OCc2ccccn2)cc1. The van der Waals surface area contributed by atoms with Crippen molar-refractivity contribution in [1.29, 1.82) is 0 Å². The summed E-state index contributed by atoms with van der Waals surface area (Å²) in [4.78, 5) is 16.1. The Morgan fingerprint density at radius 2 is 1.88 bits per heavy atom. The Hall–Kier alpha value is -2.40. The van der Waals surface area contributed by atoms with Crippen molar-refractivity contribution in [2.45, 2.75) is 45.4 Å². The van der Waals surface area contributed by atoms with Crippen molar-refractivity contribution in [2.24, 2.45) is 5.73 Å². The van der Waals surface area contributed by atoms with E-state index in [1.54, 1.807) is 6.20 Å². The van der Waals surface area contributed by atoms with Crippen LogP contribution in [0.5, 0.6) is 5.75 Å². The molecule has 0 saturated heterocycles. The van der Waals surface area contributed by atoms with Gasteiger partial charge in [-0.2, -0.15) is 0 Å². The summed E-state index contributed by atoms with van der Waals surface area (Å²) in [6.45, 7) is 5.89. The molecule has 128 valence electrons. The molecule has 0 unspecified atom stereocenters. The molecule has 5 heteroatoms. The van der Waals surface area contributed by atoms with E-state index in [9.17, 15) is 4.79 Å². The number of hydrogen-bond acceptors (Lipinski definition) is 5. The van der Waals surface area contributed by atoms with E-state index < -0.39 is 17.6 Å². The largest absolute Gasteiger partial charge is 0.487 e. The molecular formula is C19H24N2O3. The average Bonchev–Trinajstić information content (AvgIpc) is 2.53. The van der Waals surface area contributed by atoms with Crippen LogP contribution in [0, 0.1) is 0 Å². The van der Waals surface area contributed by atoms with Crippen molar-refractivity contribution in [3.8, 4) is 5.75 Å². The average molecular weight is 328 g/mol. The molecule has 0 radical (unpaired) electrons. The number of carbonyl (C=O) groups is 1. The van der Waals surface area contributed by atoms with Gasteiger partial charge in [0.1, 0.15) is 24.0 Å². The molecule has 2 rings (SSSR count). The van der Waals surface area contributed by atoms with Gasteiger partial charge in [0.25, 0.3) is 0 Å². The highest BCUT2D eigenvalue weighted by molar-refractivity contribution is 5.76. The zero-order valence-electron chi connectivity index (χ0n) is 14.4. The molecule has 2 N–H and O–H groups in total. The molecule has 24 heavy (non-hydrogen) atoms. The summed E-state index contributed by atoms with van der Waals surface area (Å²) in [6.07, 6.45) is 2.16. The number of esters is 1. The lowest BCUT2D eigenvalue weighted by atomic mass is 10.1. The molecule has 0 fully saturated rings. The Morgan fingerprint density at radius 3 is 2.46 bits per heavy atom. The molecule has 1 heterocycles. The molecule has 0 aliphatic heterocycles. The molecule has 1 aromatic heterocycles. The van der Waals surface area contributed by atoms with Gasteiger partial charge in [-0.3, -0.25) is 9.78 Å². The maximum absolute atomic E-state index is 11.9. The lowest BCUT2D eigenvalue weighted by molar-refractivity contribution is -0.156. The van der Waals surface area contributed by atoms with E-state index in [-0.39, 0.29) is 0 Å². The van der Waals surface area contributed by atoms with Crippen molar-refractivity contribution in [1.82, 2.24) is 4.98 Å². The predicted octanol–water partition coefficient (Wildman–Crippen LogP) is 2.87. The fourth-order valence-corrected chi connectivity index (χ4v) is 2.08. The Balaban J connectivity index is 1.86. The molecule has 2 aromatic rings. The number of hydrogen-bond donors (Lipinski definition) is 1. The number of rotatable bonds is 6. The van der Waals surface area contributed by atoms with Crippen molar-refractivity contribution in [2.75, 3.05) is 0 Å². The topological polar surface area (TPSA) is 74.4 Å². The van der Waals surface area contributed by atoms with Crippen molar-refractivity contribution in [3.63, 3.8) is 0 Å². The van der Waals surface area contributed by atoms with Crippen molar-refractivity contribution < 1.29 is 14.3 Å². The summed E-state index contributed by atoms with van der Waals surface area (Å²) in [5.41, 5.74) is 7.21. The van der Waals surface area contributed by atoms with Gasteiger partial charge in [-0.15, -0.1) is 0 Å². The van der Waals surface area contributed by atoms with E-state index in [4.69, 9.17) is 15.2 Å². The van der Waals surface area contributed by atoms with Crippen LogP contribution in [-0.4, -0.2) is 22.6 Å². The maximum Gasteiger partial charge on any atom is 0.323 e. The van der Waals surface area contributed by atoms with Crippen LogP contribution in [0.1, 0.15) is 32.0 Å². The number of aromatic nitrogens is 1. The minimum Gasteiger partial charge on any atom is -0.487 e. The highest BCUT2D eigenvalue weighted by Crippen LogP contribution is 2.15. The lowest BCUT2D eigenvalue weighted by Gasteiger charge is -2.22. The quantitative estimate of drug-likeness (QED) is 0.825. The minimum atomic E-state index is -0.676. The van der Waals surface area contributed by atoms with Crippen molar-refractivity contribution >= 4 is 5.97 Å². The number of ether oxygens (including phenoxy) is 2. The van der Waals surface area contributed by atoms with Crippen LogP contribution >= 0.6 is 0 Å². The molecule has 0 aliphatic rings. The summed E-state index contributed by atoms with van der Waals surface area (Å²) < 4.78 is 11.0. The number of nitrogens with two attached hydrogens (primary N) is 1. The second kappa shape index (κ2) is 7.93. The molecule has 0 spiro atoms. The Kier molecular flexibility index (Phi) is 5.93. The second-order valence-electron chi connectivity index (χ2n) is 6.60. The van der Waals surface area contributed by atoms with Gasteiger partial charge in [0.2, 0.25) is 0 Å². The van der Waals surface area contributed by atoms with Crippen LogP contribution < -0.4 is 10.5 Å². The van der Waals surface area contributed by atoms with Gasteiger partial charge in [0, 0.05) is 6.20 Å². The molecule has 1 atom stereocenters. The zero-order chi connectivity index (χ0) is 17.6. The van der Waals surface area contributed by atoms with Gasteiger partial charge in [-0.1, -0.05) is 18.2 Å². The maximum atomic E-state index is 11.9. The van der Waals surface area contributed by atoms with Crippen LogP contribution in [0.3, 0.4) is 0 Å². The molecule has 1 aromatic carbocycles. The first-order chi connectivity index (χ1) is 11.3. The number of nitrogens with zero attached hydrogens (tertiary/aromatic N) is 1. The van der Waals surface area contributed by atoms with E-state index in [1.807, 2.05) is 63.2 Å². The van der Waals surface area contributed by atoms with Gasteiger partial charge in [0.15, 0.2) is 0 Å². The first-order valence-corrected chi connectivity index (χ1v) is 7.93. The van der Waals surface area contributed by atoms with Gasteiger partial charge in [0.05, 0.1) is 5.69 Å². The third kappa shape index (κ3) is 6.01. The molecule has 5 nitrogen and oxygen atoms in total. The second-order valence-corrected chi connectivity index (χ2v) is 6.60. The van der Waals surface area contributed by atoms with Gasteiger partial charge in [-0.25, -0.2) is 0 Å². The molecule has 0 aliphatic carbocycles. The highest BCUT2D eigenvalue weighted by Gasteiger charge is 2.22. The summed E-state index contributed by atoms with van der Waals surface area (Å²) in [6, 6.07) is 12.5. The summed E-state index contributed by atoms with van der Waals surface area (Å²) in [5, 5.41) is 0. The molecule has 0 saturated carbocycles. The summed E-state index contributed by atoms with van der Waals surface area (Å²) in [7, 11) is 0. The van der Waals surface area contributed by atoms with Crippen LogP contribution in [0.25, 0.3) is 0 Å². The highest BCUT2D eigenvalue weighted by atomic mass is 16.6. The van der Waals surface area contributed by atoms with E-state index in [1.165, 1.54) is 0 Å². The smallest absolute Gasteiger partial charge is 0.323 e. The molecular weight excluding hydrogens is 304 g/mol. The van der Waals surface area contributed by atoms with Crippen LogP contribution in [-0.2, 0) is 22.6 Å². The summed E-state index contributed by atoms with van der Waals surface area (Å²) in [5.74, 6) is 0.355. The third-order valence-electron chi connectivity index (χ3n) is 3.20. The van der Waals surface area contributed by atoms with Crippen LogP contribution in [0.15, 0.2) is 48.7 Å². The zero-order valence-corrected chi connectivity index (χ0v) is 14.4. The van der Waals surface area contributed by atoms with E-state index in [2.05, 4.69) is 4.98 Å². The standard InChI is InChI=1S/C19H24N2O3/c1-19(2,3)24-18(22)17(20)12-14-7-9-16(10-8-14)23-13-15-6-4-5-11-21-15/h4-11,17H,12-13,20H2,1-3H3/t17-/m0/s1. The Labute approximate surface area is 142 Å². The first kappa shape index (κ1) is 17.9. The molecule has 0 amide bonds. The Bertz CT molecular complexity index is 649. The number of pyridine rings is 1. The van der Waals surface area contributed by atoms with Crippen LogP contribution in [0.4, 0.5) is 0 Å². The number of carbonyl (C=O) groups excluding carboxylic acids is 1. The number of benzene rings is 1. The minimum absolute atomic E-state index is 0.391. The lowest BCUT2D eigenvalue weighted by Crippen LogP contribution is -2.38. The molecule has 0 bridgehead atoms. The predicted molar refractivity (Wildman–Crippen MR) is 92.5 cm³/mol. The normalized spacial score (nSPS) is 12.5. The van der Waals surface area contributed by atoms with E-state index in [0.717, 1.165) is 17.0 Å². The fourth-order valence-electron chi connectivity index (χ4n) is 2.08. The van der Waals surface area contributed by atoms with Gasteiger partial charge >= 0.3 is 5.97 Å². The Morgan fingerprint density at radius 1 is 1.17 bits per heavy atom. The van der Waals surface area contributed by atoms with E-state index >= 15 is 0 Å². The van der Waals surface area contributed by atoms with E-state index in [0.29, 0.717) is 13.0 Å². The van der Waals surface area contributed by atoms with Crippen LogP contribution in [0.2, 0.25) is 0 Å².